The number of benzene rings is 4. The normalized spacial score (nSPS) is 21.8. The van der Waals surface area contributed by atoms with E-state index in [4.69, 9.17) is 4.74 Å². The second-order valence-corrected chi connectivity index (χ2v) is 11.3. The summed E-state index contributed by atoms with van der Waals surface area (Å²) in [4.78, 5) is 46.0. The van der Waals surface area contributed by atoms with Crippen LogP contribution in [0.2, 0.25) is 0 Å². The summed E-state index contributed by atoms with van der Waals surface area (Å²) in [5.41, 5.74) is 2.30. The van der Waals surface area contributed by atoms with E-state index in [0.29, 0.717) is 22.4 Å². The molecule has 0 bridgehead atoms. The molecule has 1 fully saturated rings. The van der Waals surface area contributed by atoms with Crippen LogP contribution in [0.3, 0.4) is 0 Å². The standard InChI is InChI=1S/C34H24BrNO4/c1-40-24-9-6-8-22(19-24)31(37)30-29(21-13-16-23(35)17-14-21)34(32(38)25-10-3-4-11-26(25)33(34)39)28-18-15-20-7-2-5-12-27(20)36(28)30/h2-19,28-30H,1H3/t28-,29+,30-/m0/s1. The van der Waals surface area contributed by atoms with Crippen LogP contribution in [0.25, 0.3) is 6.08 Å². The van der Waals surface area contributed by atoms with Gasteiger partial charge in [-0.2, -0.15) is 0 Å². The van der Waals surface area contributed by atoms with Crippen LogP contribution in [0.4, 0.5) is 5.69 Å². The molecule has 0 amide bonds. The summed E-state index contributed by atoms with van der Waals surface area (Å²) in [6.45, 7) is 0. The zero-order chi connectivity index (χ0) is 27.6. The molecule has 7 rings (SSSR count). The molecule has 0 saturated carbocycles. The van der Waals surface area contributed by atoms with Gasteiger partial charge in [0, 0.05) is 32.8 Å². The molecule has 40 heavy (non-hydrogen) atoms. The lowest BCUT2D eigenvalue weighted by molar-refractivity contribution is 0.0666. The summed E-state index contributed by atoms with van der Waals surface area (Å²) in [7, 11) is 1.56. The van der Waals surface area contributed by atoms with Crippen LogP contribution in [0.15, 0.2) is 108 Å². The monoisotopic (exact) mass is 589 g/mol. The smallest absolute Gasteiger partial charge is 0.186 e. The molecular formula is C34H24BrNO4. The number of fused-ring (bicyclic) bond motifs is 5. The molecule has 1 saturated heterocycles. The molecule has 0 radical (unpaired) electrons. The van der Waals surface area contributed by atoms with E-state index in [-0.39, 0.29) is 17.3 Å². The fraction of sp³-hybridized carbons (Fsp3) is 0.147. The molecule has 0 aromatic heterocycles. The third kappa shape index (κ3) is 3.29. The number of ether oxygens (including phenoxy) is 1. The minimum Gasteiger partial charge on any atom is -0.497 e. The number of carbonyl (C=O) groups excluding carboxylic acids is 3. The fourth-order valence-corrected chi connectivity index (χ4v) is 7.17. The molecule has 196 valence electrons. The van der Waals surface area contributed by atoms with E-state index in [1.54, 1.807) is 55.6 Å². The average molecular weight is 590 g/mol. The number of rotatable bonds is 4. The molecular weight excluding hydrogens is 566 g/mol. The van der Waals surface area contributed by atoms with Gasteiger partial charge in [-0.1, -0.05) is 94.8 Å². The number of nitrogens with zero attached hydrogens (tertiary/aromatic N) is 1. The highest BCUT2D eigenvalue weighted by Gasteiger charge is 2.71. The molecule has 6 heteroatoms. The molecule has 3 aliphatic rings. The summed E-state index contributed by atoms with van der Waals surface area (Å²) in [6, 6.07) is 28.1. The number of hydrogen-bond donors (Lipinski definition) is 0. The number of methoxy groups -OCH3 is 1. The van der Waals surface area contributed by atoms with Gasteiger partial charge < -0.3 is 9.64 Å². The van der Waals surface area contributed by atoms with Gasteiger partial charge in [-0.15, -0.1) is 0 Å². The number of Topliss-reactive ketones (excluding diaryl/α,β-unsaturated/α-hetero) is 3. The zero-order valence-corrected chi connectivity index (χ0v) is 23.2. The highest BCUT2D eigenvalue weighted by Crippen LogP contribution is 2.61. The molecule has 0 unspecified atom stereocenters. The first-order valence-corrected chi connectivity index (χ1v) is 13.9. The molecule has 4 aromatic carbocycles. The van der Waals surface area contributed by atoms with Crippen molar-refractivity contribution in [3.63, 3.8) is 0 Å². The molecule has 2 heterocycles. The van der Waals surface area contributed by atoms with Crippen molar-refractivity contribution in [3.8, 4) is 5.75 Å². The summed E-state index contributed by atoms with van der Waals surface area (Å²) in [5.74, 6) is -0.820. The van der Waals surface area contributed by atoms with Crippen LogP contribution in [-0.2, 0) is 0 Å². The Morgan fingerprint density at radius 2 is 1.52 bits per heavy atom. The number of anilines is 1. The first kappa shape index (κ1) is 24.7. The Balaban J connectivity index is 1.54. The van der Waals surface area contributed by atoms with Gasteiger partial charge in [-0.05, 0) is 41.5 Å². The summed E-state index contributed by atoms with van der Waals surface area (Å²) in [5, 5.41) is 0. The number of para-hydroxylation sites is 1. The highest BCUT2D eigenvalue weighted by atomic mass is 79.9. The predicted octanol–water partition coefficient (Wildman–Crippen LogP) is 6.77. The van der Waals surface area contributed by atoms with Crippen LogP contribution >= 0.6 is 15.9 Å². The molecule has 0 N–H and O–H groups in total. The molecule has 4 aromatic rings. The lowest BCUT2D eigenvalue weighted by atomic mass is 9.64. The van der Waals surface area contributed by atoms with E-state index in [0.717, 1.165) is 21.3 Å². The van der Waals surface area contributed by atoms with Crippen molar-refractivity contribution in [2.75, 3.05) is 12.0 Å². The van der Waals surface area contributed by atoms with Gasteiger partial charge in [0.2, 0.25) is 0 Å². The Morgan fingerprint density at radius 1 is 0.850 bits per heavy atom. The Morgan fingerprint density at radius 3 is 2.23 bits per heavy atom. The first-order valence-electron chi connectivity index (χ1n) is 13.1. The van der Waals surface area contributed by atoms with Crippen LogP contribution in [0, 0.1) is 5.41 Å². The molecule has 5 nitrogen and oxygen atoms in total. The number of ketones is 3. The lowest BCUT2D eigenvalue weighted by Gasteiger charge is -2.37. The van der Waals surface area contributed by atoms with Crippen LogP contribution in [-0.4, -0.2) is 36.5 Å². The summed E-state index contributed by atoms with van der Waals surface area (Å²) in [6.07, 6.45) is 3.91. The molecule has 1 spiro atoms. The molecule has 1 aliphatic carbocycles. The van der Waals surface area contributed by atoms with Gasteiger partial charge >= 0.3 is 0 Å². The summed E-state index contributed by atoms with van der Waals surface area (Å²) >= 11 is 3.52. The average Bonchev–Trinajstić information content (AvgIpc) is 3.43. The van der Waals surface area contributed by atoms with Crippen molar-refractivity contribution in [2.24, 2.45) is 5.41 Å². The minimum atomic E-state index is -1.51. The van der Waals surface area contributed by atoms with Gasteiger partial charge in [0.1, 0.15) is 17.2 Å². The Kier molecular flexibility index (Phi) is 5.65. The molecule has 3 atom stereocenters. The van der Waals surface area contributed by atoms with Crippen molar-refractivity contribution >= 4 is 45.0 Å². The van der Waals surface area contributed by atoms with Crippen LogP contribution in [0.1, 0.15) is 48.1 Å². The van der Waals surface area contributed by atoms with E-state index in [1.807, 2.05) is 65.6 Å². The summed E-state index contributed by atoms with van der Waals surface area (Å²) < 4.78 is 6.30. The topological polar surface area (TPSA) is 63.7 Å². The Bertz CT molecular complexity index is 1710. The first-order chi connectivity index (χ1) is 19.5. The van der Waals surface area contributed by atoms with Crippen LogP contribution < -0.4 is 9.64 Å². The van der Waals surface area contributed by atoms with Gasteiger partial charge in [-0.25, -0.2) is 0 Å². The van der Waals surface area contributed by atoms with Crippen LogP contribution in [0.5, 0.6) is 5.75 Å². The molecule has 2 aliphatic heterocycles. The number of hydrogen-bond acceptors (Lipinski definition) is 5. The van der Waals surface area contributed by atoms with E-state index < -0.39 is 23.4 Å². The number of halogens is 1. The van der Waals surface area contributed by atoms with E-state index in [2.05, 4.69) is 15.9 Å². The minimum absolute atomic E-state index is 0.171. The van der Waals surface area contributed by atoms with Gasteiger partial charge in [-0.3, -0.25) is 14.4 Å². The van der Waals surface area contributed by atoms with Crippen molar-refractivity contribution in [1.29, 1.82) is 0 Å². The lowest BCUT2D eigenvalue weighted by Crippen LogP contribution is -2.48. The van der Waals surface area contributed by atoms with Crippen molar-refractivity contribution in [1.82, 2.24) is 0 Å². The maximum atomic E-state index is 14.7. The predicted molar refractivity (Wildman–Crippen MR) is 157 cm³/mol. The van der Waals surface area contributed by atoms with E-state index in [1.165, 1.54) is 0 Å². The quantitative estimate of drug-likeness (QED) is 0.194. The second kappa shape index (κ2) is 9.14. The Labute approximate surface area is 240 Å². The van der Waals surface area contributed by atoms with Crippen molar-refractivity contribution in [3.05, 3.63) is 135 Å². The number of carbonyl (C=O) groups is 3. The maximum absolute atomic E-state index is 14.7. The van der Waals surface area contributed by atoms with Crippen molar-refractivity contribution < 1.29 is 19.1 Å². The van der Waals surface area contributed by atoms with E-state index >= 15 is 0 Å². The van der Waals surface area contributed by atoms with Crippen molar-refractivity contribution in [2.45, 2.75) is 18.0 Å². The Hall–Kier alpha value is -4.29. The zero-order valence-electron chi connectivity index (χ0n) is 21.6. The largest absolute Gasteiger partial charge is 0.497 e. The van der Waals surface area contributed by atoms with Gasteiger partial charge in [0.25, 0.3) is 0 Å². The highest BCUT2D eigenvalue weighted by molar-refractivity contribution is 9.10. The second-order valence-electron chi connectivity index (χ2n) is 10.4. The van der Waals surface area contributed by atoms with Gasteiger partial charge in [0.15, 0.2) is 17.3 Å². The maximum Gasteiger partial charge on any atom is 0.186 e. The third-order valence-corrected chi connectivity index (χ3v) is 9.09. The fourth-order valence-electron chi connectivity index (χ4n) is 6.91. The van der Waals surface area contributed by atoms with E-state index in [9.17, 15) is 14.4 Å². The van der Waals surface area contributed by atoms with Gasteiger partial charge in [0.05, 0.1) is 13.2 Å². The SMILES string of the molecule is COc1cccc(C(=O)[C@@H]2[C@@H](c3ccc(Br)cc3)C3(C(=O)c4ccccc4C3=O)[C@@H]3C=Cc4ccccc4N23)c1. The third-order valence-electron chi connectivity index (χ3n) is 8.56.